The number of aromatic nitrogens is 1. The van der Waals surface area contributed by atoms with Crippen LogP contribution in [0.15, 0.2) is 42.5 Å². The number of pyridine rings is 1. The molecular weight excluding hydrogens is 402 g/mol. The topological polar surface area (TPSA) is 63.7 Å². The van der Waals surface area contributed by atoms with E-state index in [1.807, 2.05) is 23.1 Å². The van der Waals surface area contributed by atoms with Gasteiger partial charge in [-0.2, -0.15) is 0 Å². The van der Waals surface area contributed by atoms with Gasteiger partial charge in [-0.1, -0.05) is 26.0 Å². The van der Waals surface area contributed by atoms with Crippen LogP contribution in [0.5, 0.6) is 11.5 Å². The molecule has 0 radical (unpaired) electrons. The number of nitrogens with one attached hydrogen (secondary N) is 1. The molecule has 1 unspecified atom stereocenters. The van der Waals surface area contributed by atoms with Crippen LogP contribution in [0.2, 0.25) is 0 Å². The molecule has 168 valence electrons. The number of piperidine rings is 1. The van der Waals surface area contributed by atoms with Crippen LogP contribution >= 0.6 is 0 Å². The van der Waals surface area contributed by atoms with Crippen molar-refractivity contribution in [1.82, 2.24) is 9.88 Å². The molecule has 1 aliphatic rings. The first-order valence-electron chi connectivity index (χ1n) is 11.2. The van der Waals surface area contributed by atoms with Crippen LogP contribution in [0.1, 0.15) is 42.7 Å². The molecule has 1 amide bonds. The van der Waals surface area contributed by atoms with E-state index >= 15 is 0 Å². The summed E-state index contributed by atoms with van der Waals surface area (Å²) in [4.78, 5) is 20.0. The maximum absolute atomic E-state index is 13.3. The van der Waals surface area contributed by atoms with E-state index < -0.39 is 0 Å². The van der Waals surface area contributed by atoms with Gasteiger partial charge in [-0.3, -0.25) is 4.79 Å². The largest absolute Gasteiger partial charge is 0.493 e. The first-order valence-corrected chi connectivity index (χ1v) is 11.2. The Kier molecular flexibility index (Phi) is 6.49. The second-order valence-corrected chi connectivity index (χ2v) is 8.45. The van der Waals surface area contributed by atoms with Crippen LogP contribution in [0.3, 0.4) is 0 Å². The van der Waals surface area contributed by atoms with E-state index in [4.69, 9.17) is 14.5 Å². The van der Waals surface area contributed by atoms with Gasteiger partial charge in [0.2, 0.25) is 0 Å². The van der Waals surface area contributed by atoms with Crippen LogP contribution in [0, 0.1) is 5.92 Å². The molecule has 0 spiro atoms. The fourth-order valence-electron chi connectivity index (χ4n) is 4.28. The zero-order valence-electron chi connectivity index (χ0n) is 19.3. The third kappa shape index (κ3) is 4.49. The SMILES string of the molecule is CCc1ccc(Nc2cc(C(=O)N3CCCC(C)C3)nc3cc(OC)c(OC)cc23)cc1. The summed E-state index contributed by atoms with van der Waals surface area (Å²) in [6.07, 6.45) is 3.18. The number of fused-ring (bicyclic) bond motifs is 1. The van der Waals surface area contributed by atoms with Gasteiger partial charge in [0.1, 0.15) is 5.69 Å². The highest BCUT2D eigenvalue weighted by Gasteiger charge is 2.24. The lowest BCUT2D eigenvalue weighted by Crippen LogP contribution is -2.39. The Bertz CT molecular complexity index is 1110. The molecule has 3 aromatic rings. The van der Waals surface area contributed by atoms with Crippen LogP contribution in [-0.4, -0.2) is 43.1 Å². The van der Waals surface area contributed by atoms with Crippen molar-refractivity contribution in [2.45, 2.75) is 33.1 Å². The molecule has 0 bridgehead atoms. The highest BCUT2D eigenvalue weighted by molar-refractivity contribution is 6.01. The van der Waals surface area contributed by atoms with E-state index in [2.05, 4.69) is 43.4 Å². The Morgan fingerprint density at radius 3 is 2.50 bits per heavy atom. The number of carbonyl (C=O) groups excluding carboxylic acids is 1. The molecule has 6 heteroatoms. The number of aryl methyl sites for hydroxylation is 1. The summed E-state index contributed by atoms with van der Waals surface area (Å²) in [7, 11) is 3.21. The van der Waals surface area contributed by atoms with Gasteiger partial charge < -0.3 is 19.7 Å². The first kappa shape index (κ1) is 21.9. The summed E-state index contributed by atoms with van der Waals surface area (Å²) in [5.74, 6) is 1.68. The normalized spacial score (nSPS) is 16.1. The van der Waals surface area contributed by atoms with Crippen molar-refractivity contribution in [1.29, 1.82) is 0 Å². The lowest BCUT2D eigenvalue weighted by Gasteiger charge is -2.30. The number of carbonyl (C=O) groups is 1. The first-order chi connectivity index (χ1) is 15.5. The average molecular weight is 434 g/mol. The third-order valence-electron chi connectivity index (χ3n) is 6.12. The van der Waals surface area contributed by atoms with E-state index in [0.29, 0.717) is 28.6 Å². The molecule has 32 heavy (non-hydrogen) atoms. The quantitative estimate of drug-likeness (QED) is 0.562. The molecular formula is C26H31N3O3. The maximum Gasteiger partial charge on any atom is 0.272 e. The minimum atomic E-state index is -0.0300. The maximum atomic E-state index is 13.3. The van der Waals surface area contributed by atoms with E-state index in [-0.39, 0.29) is 5.91 Å². The molecule has 1 N–H and O–H groups in total. The molecule has 0 aliphatic carbocycles. The van der Waals surface area contributed by atoms with E-state index in [1.165, 1.54) is 5.56 Å². The molecule has 2 aromatic carbocycles. The Balaban J connectivity index is 1.79. The zero-order chi connectivity index (χ0) is 22.7. The van der Waals surface area contributed by atoms with Crippen LogP contribution in [-0.2, 0) is 6.42 Å². The van der Waals surface area contributed by atoms with Crippen LogP contribution < -0.4 is 14.8 Å². The molecule has 0 saturated carbocycles. The van der Waals surface area contributed by atoms with Crippen LogP contribution in [0.25, 0.3) is 10.9 Å². The van der Waals surface area contributed by atoms with Crippen molar-refractivity contribution in [2.24, 2.45) is 5.92 Å². The Morgan fingerprint density at radius 2 is 1.84 bits per heavy atom. The lowest BCUT2D eigenvalue weighted by molar-refractivity contribution is 0.0677. The Hall–Kier alpha value is -3.28. The average Bonchev–Trinajstić information content (AvgIpc) is 2.83. The van der Waals surface area contributed by atoms with Gasteiger partial charge >= 0.3 is 0 Å². The predicted octanol–water partition coefficient (Wildman–Crippen LogP) is 5.43. The van der Waals surface area contributed by atoms with Gasteiger partial charge in [-0.05, 0) is 55.0 Å². The number of hydrogen-bond acceptors (Lipinski definition) is 5. The summed E-state index contributed by atoms with van der Waals surface area (Å²) >= 11 is 0. The molecule has 1 saturated heterocycles. The number of methoxy groups -OCH3 is 2. The number of ether oxygens (including phenoxy) is 2. The minimum absolute atomic E-state index is 0.0300. The number of anilines is 2. The molecule has 1 atom stereocenters. The van der Waals surface area contributed by atoms with Crippen LogP contribution in [0.4, 0.5) is 11.4 Å². The summed E-state index contributed by atoms with van der Waals surface area (Å²) < 4.78 is 11.0. The van der Waals surface area contributed by atoms with E-state index in [9.17, 15) is 4.79 Å². The fourth-order valence-corrected chi connectivity index (χ4v) is 4.28. The molecule has 2 heterocycles. The smallest absolute Gasteiger partial charge is 0.272 e. The monoisotopic (exact) mass is 433 g/mol. The van der Waals surface area contributed by atoms with Gasteiger partial charge in [-0.15, -0.1) is 0 Å². The summed E-state index contributed by atoms with van der Waals surface area (Å²) in [6.45, 7) is 5.87. The van der Waals surface area contributed by atoms with Crippen molar-refractivity contribution in [3.63, 3.8) is 0 Å². The zero-order valence-corrected chi connectivity index (χ0v) is 19.3. The van der Waals surface area contributed by atoms with Gasteiger partial charge in [0.25, 0.3) is 5.91 Å². The number of nitrogens with zero attached hydrogens (tertiary/aromatic N) is 2. The number of rotatable bonds is 6. The van der Waals surface area contributed by atoms with E-state index in [1.54, 1.807) is 14.2 Å². The minimum Gasteiger partial charge on any atom is -0.493 e. The molecule has 1 aliphatic heterocycles. The summed E-state index contributed by atoms with van der Waals surface area (Å²) in [5.41, 5.74) is 4.16. The number of hydrogen-bond donors (Lipinski definition) is 1. The molecule has 6 nitrogen and oxygen atoms in total. The standard InChI is InChI=1S/C26H31N3O3/c1-5-18-8-10-19(11-9-18)27-21-14-23(26(30)29-12-6-7-17(2)16-29)28-22-15-25(32-4)24(31-3)13-20(21)22/h8-11,13-15,17H,5-7,12,16H2,1-4H3,(H,27,28). The van der Waals surface area contributed by atoms with Gasteiger partial charge in [0.05, 0.1) is 25.4 Å². The lowest BCUT2D eigenvalue weighted by atomic mass is 10.00. The summed E-state index contributed by atoms with van der Waals surface area (Å²) in [6, 6.07) is 13.9. The highest BCUT2D eigenvalue weighted by Crippen LogP contribution is 2.36. The Labute approximate surface area is 189 Å². The van der Waals surface area contributed by atoms with Crippen molar-refractivity contribution in [2.75, 3.05) is 32.6 Å². The van der Waals surface area contributed by atoms with Crippen molar-refractivity contribution in [3.8, 4) is 11.5 Å². The van der Waals surface area contributed by atoms with E-state index in [0.717, 1.165) is 49.1 Å². The number of amides is 1. The van der Waals surface area contributed by atoms with Crippen molar-refractivity contribution in [3.05, 3.63) is 53.7 Å². The predicted molar refractivity (Wildman–Crippen MR) is 128 cm³/mol. The molecule has 1 fully saturated rings. The number of likely N-dealkylation sites (tertiary alicyclic amines) is 1. The van der Waals surface area contributed by atoms with Gasteiger partial charge in [0.15, 0.2) is 11.5 Å². The van der Waals surface area contributed by atoms with Crippen molar-refractivity contribution < 1.29 is 14.3 Å². The van der Waals surface area contributed by atoms with Gasteiger partial charge in [-0.25, -0.2) is 4.98 Å². The number of benzene rings is 2. The second kappa shape index (κ2) is 9.47. The summed E-state index contributed by atoms with van der Waals surface area (Å²) in [5, 5.41) is 4.35. The molecule has 1 aromatic heterocycles. The van der Waals surface area contributed by atoms with Gasteiger partial charge in [0, 0.05) is 30.2 Å². The fraction of sp³-hybridized carbons (Fsp3) is 0.385. The molecule has 4 rings (SSSR count). The Morgan fingerprint density at radius 1 is 1.12 bits per heavy atom. The third-order valence-corrected chi connectivity index (χ3v) is 6.12. The second-order valence-electron chi connectivity index (χ2n) is 8.45. The van der Waals surface area contributed by atoms with Crippen molar-refractivity contribution >= 4 is 28.2 Å². The highest BCUT2D eigenvalue weighted by atomic mass is 16.5.